The average molecular weight is 372 g/mol. The van der Waals surface area contributed by atoms with E-state index in [-0.39, 0.29) is 5.43 Å². The molecule has 0 saturated heterocycles. The van der Waals surface area contributed by atoms with E-state index < -0.39 is 0 Å². The van der Waals surface area contributed by atoms with Crippen LogP contribution in [0.4, 0.5) is 0 Å². The van der Waals surface area contributed by atoms with Crippen LogP contribution in [0.15, 0.2) is 78.2 Å². The van der Waals surface area contributed by atoms with Crippen LogP contribution in [0, 0.1) is 0 Å². The molecule has 0 bridgehead atoms. The quantitative estimate of drug-likeness (QED) is 0.553. The van der Waals surface area contributed by atoms with Crippen molar-refractivity contribution >= 4 is 0 Å². The zero-order chi connectivity index (χ0) is 18.9. The normalized spacial score (nSPS) is 12.7. The maximum absolute atomic E-state index is 12.6. The summed E-state index contributed by atoms with van der Waals surface area (Å²) < 4.78 is 14.8. The Morgan fingerprint density at radius 1 is 0.929 bits per heavy atom. The first-order valence-corrected chi connectivity index (χ1v) is 8.87. The van der Waals surface area contributed by atoms with Crippen molar-refractivity contribution in [3.05, 3.63) is 83.7 Å². The van der Waals surface area contributed by atoms with Gasteiger partial charge in [-0.25, -0.2) is 4.68 Å². The van der Waals surface area contributed by atoms with Gasteiger partial charge in [0.05, 0.1) is 35.0 Å². The first-order valence-electron chi connectivity index (χ1n) is 8.87. The maximum Gasteiger partial charge on any atom is 0.190 e. The number of pyridine rings is 2. The van der Waals surface area contributed by atoms with Crippen molar-refractivity contribution in [3.63, 3.8) is 0 Å². The van der Waals surface area contributed by atoms with Crippen LogP contribution in [0.2, 0.25) is 0 Å². The summed E-state index contributed by atoms with van der Waals surface area (Å²) in [6.07, 6.45) is 8.65. The van der Waals surface area contributed by atoms with Crippen LogP contribution in [-0.2, 0) is 0 Å². The lowest BCUT2D eigenvalue weighted by molar-refractivity contribution is 0.171. The Balaban J connectivity index is 1.61. The predicted molar refractivity (Wildman–Crippen MR) is 103 cm³/mol. The van der Waals surface area contributed by atoms with E-state index in [1.807, 2.05) is 41.0 Å². The molecule has 4 aromatic rings. The van der Waals surface area contributed by atoms with E-state index in [1.54, 1.807) is 41.7 Å². The van der Waals surface area contributed by atoms with Crippen molar-refractivity contribution in [1.29, 1.82) is 0 Å². The summed E-state index contributed by atoms with van der Waals surface area (Å²) in [4.78, 5) is 16.7. The number of hydrogen-bond donors (Lipinski definition) is 0. The van der Waals surface area contributed by atoms with Gasteiger partial charge in [-0.3, -0.25) is 9.78 Å². The lowest BCUT2D eigenvalue weighted by atomic mass is 10.2. The van der Waals surface area contributed by atoms with Gasteiger partial charge in [-0.15, -0.1) is 0 Å². The van der Waals surface area contributed by atoms with Crippen molar-refractivity contribution in [2.45, 2.75) is 0 Å². The van der Waals surface area contributed by atoms with Gasteiger partial charge in [0, 0.05) is 30.7 Å². The number of ether oxygens (including phenoxy) is 2. The Bertz CT molecular complexity index is 1200. The SMILES string of the molecule is O=c1ccn(-c2cccnc2)cc1-c1ccnn1-c1ccc2c(c1)OCCO2. The Morgan fingerprint density at radius 2 is 1.82 bits per heavy atom. The van der Waals surface area contributed by atoms with Gasteiger partial charge >= 0.3 is 0 Å². The molecule has 0 unspecified atom stereocenters. The van der Waals surface area contributed by atoms with Crippen LogP contribution in [0.3, 0.4) is 0 Å². The molecule has 7 heteroatoms. The smallest absolute Gasteiger partial charge is 0.190 e. The van der Waals surface area contributed by atoms with Crippen LogP contribution < -0.4 is 14.9 Å². The summed E-state index contributed by atoms with van der Waals surface area (Å²) in [5, 5.41) is 4.42. The number of nitrogens with zero attached hydrogens (tertiary/aromatic N) is 4. The van der Waals surface area contributed by atoms with Crippen LogP contribution in [0.1, 0.15) is 0 Å². The Hall–Kier alpha value is -3.87. The zero-order valence-corrected chi connectivity index (χ0v) is 14.9. The number of fused-ring (bicyclic) bond motifs is 1. The molecule has 0 aliphatic carbocycles. The van der Waals surface area contributed by atoms with Crippen molar-refractivity contribution in [2.24, 2.45) is 0 Å². The summed E-state index contributed by atoms with van der Waals surface area (Å²) in [6, 6.07) is 12.8. The summed E-state index contributed by atoms with van der Waals surface area (Å²) >= 11 is 0. The molecule has 0 saturated carbocycles. The molecule has 5 rings (SSSR count). The minimum absolute atomic E-state index is 0.0839. The predicted octanol–water partition coefficient (Wildman–Crippen LogP) is 2.86. The maximum atomic E-state index is 12.6. The molecule has 0 atom stereocenters. The number of benzene rings is 1. The fourth-order valence-electron chi connectivity index (χ4n) is 3.22. The second-order valence-electron chi connectivity index (χ2n) is 6.30. The summed E-state index contributed by atoms with van der Waals surface area (Å²) in [5.41, 5.74) is 2.81. The molecule has 1 aliphatic heterocycles. The van der Waals surface area contributed by atoms with Gasteiger partial charge in [-0.1, -0.05) is 0 Å². The fourth-order valence-corrected chi connectivity index (χ4v) is 3.22. The lowest BCUT2D eigenvalue weighted by Gasteiger charge is -2.19. The van der Waals surface area contributed by atoms with Gasteiger partial charge in [-0.05, 0) is 30.3 Å². The van der Waals surface area contributed by atoms with Crippen molar-refractivity contribution < 1.29 is 9.47 Å². The first kappa shape index (κ1) is 16.3. The minimum Gasteiger partial charge on any atom is -0.486 e. The van der Waals surface area contributed by atoms with E-state index in [4.69, 9.17) is 9.47 Å². The highest BCUT2D eigenvalue weighted by molar-refractivity contribution is 5.62. The second-order valence-corrected chi connectivity index (χ2v) is 6.30. The molecule has 1 aromatic carbocycles. The zero-order valence-electron chi connectivity index (χ0n) is 14.9. The molecular formula is C21H16N4O3. The van der Waals surface area contributed by atoms with Gasteiger partial charge in [0.25, 0.3) is 0 Å². The molecule has 138 valence electrons. The fraction of sp³-hybridized carbons (Fsp3) is 0.0952. The van der Waals surface area contributed by atoms with E-state index in [2.05, 4.69) is 10.1 Å². The van der Waals surface area contributed by atoms with Gasteiger partial charge in [0.2, 0.25) is 0 Å². The summed E-state index contributed by atoms with van der Waals surface area (Å²) in [7, 11) is 0. The Kier molecular flexibility index (Phi) is 3.90. The third-order valence-corrected chi connectivity index (χ3v) is 4.55. The molecule has 4 heterocycles. The first-order chi connectivity index (χ1) is 13.8. The van der Waals surface area contributed by atoms with Crippen molar-refractivity contribution in [2.75, 3.05) is 13.2 Å². The molecule has 0 N–H and O–H groups in total. The van der Waals surface area contributed by atoms with Crippen molar-refractivity contribution in [3.8, 4) is 34.1 Å². The van der Waals surface area contributed by atoms with Crippen LogP contribution in [0.25, 0.3) is 22.6 Å². The third kappa shape index (κ3) is 2.83. The monoisotopic (exact) mass is 372 g/mol. The van der Waals surface area contributed by atoms with Gasteiger partial charge in [0.15, 0.2) is 16.9 Å². The summed E-state index contributed by atoms with van der Waals surface area (Å²) in [5.74, 6) is 1.38. The Labute approximate surface area is 160 Å². The summed E-state index contributed by atoms with van der Waals surface area (Å²) in [6.45, 7) is 1.05. The van der Waals surface area contributed by atoms with E-state index in [1.165, 1.54) is 0 Å². The molecule has 3 aromatic heterocycles. The molecule has 0 radical (unpaired) electrons. The molecule has 7 nitrogen and oxygen atoms in total. The number of rotatable bonds is 3. The van der Waals surface area contributed by atoms with Gasteiger partial charge in [-0.2, -0.15) is 5.10 Å². The largest absolute Gasteiger partial charge is 0.486 e. The van der Waals surface area contributed by atoms with Gasteiger partial charge < -0.3 is 14.0 Å². The molecule has 28 heavy (non-hydrogen) atoms. The lowest BCUT2D eigenvalue weighted by Crippen LogP contribution is -2.16. The Morgan fingerprint density at radius 3 is 2.68 bits per heavy atom. The van der Waals surface area contributed by atoms with Gasteiger partial charge in [0.1, 0.15) is 13.2 Å². The molecular weight excluding hydrogens is 356 g/mol. The van der Waals surface area contributed by atoms with E-state index >= 15 is 0 Å². The minimum atomic E-state index is -0.0839. The van der Waals surface area contributed by atoms with E-state index in [9.17, 15) is 4.79 Å². The van der Waals surface area contributed by atoms with E-state index in [0.717, 1.165) is 11.4 Å². The number of aromatic nitrogens is 4. The van der Waals surface area contributed by atoms with Crippen LogP contribution in [0.5, 0.6) is 11.5 Å². The highest BCUT2D eigenvalue weighted by Crippen LogP contribution is 2.33. The molecule has 0 spiro atoms. The molecule has 0 amide bonds. The topological polar surface area (TPSA) is 71.2 Å². The molecule has 1 aliphatic rings. The van der Waals surface area contributed by atoms with E-state index in [0.29, 0.717) is 36.0 Å². The highest BCUT2D eigenvalue weighted by Gasteiger charge is 2.16. The van der Waals surface area contributed by atoms with Crippen LogP contribution in [-0.4, -0.2) is 32.5 Å². The van der Waals surface area contributed by atoms with Crippen LogP contribution >= 0.6 is 0 Å². The molecule has 0 fully saturated rings. The van der Waals surface area contributed by atoms with Crippen molar-refractivity contribution in [1.82, 2.24) is 19.3 Å². The highest BCUT2D eigenvalue weighted by atomic mass is 16.6. The average Bonchev–Trinajstić information content (AvgIpc) is 3.24. The number of hydrogen-bond acceptors (Lipinski definition) is 5. The standard InChI is InChI=1S/C21H16N4O3/c26-19-6-9-24(16-2-1-7-22-13-16)14-17(19)18-5-8-23-25(18)15-3-4-20-21(12-15)28-11-10-27-20/h1-9,12-14H,10-11H2. The second kappa shape index (κ2) is 6.70. The third-order valence-electron chi connectivity index (χ3n) is 4.55.